The van der Waals surface area contributed by atoms with Crippen LogP contribution in [0.3, 0.4) is 0 Å². The van der Waals surface area contributed by atoms with Crippen molar-refractivity contribution >= 4 is 0 Å². The predicted molar refractivity (Wildman–Crippen MR) is 103 cm³/mol. The number of ether oxygens (including phenoxy) is 2. The van der Waals surface area contributed by atoms with E-state index in [1.165, 1.54) is 11.1 Å². The van der Waals surface area contributed by atoms with Crippen LogP contribution < -0.4 is 9.47 Å². The van der Waals surface area contributed by atoms with E-state index in [0.717, 1.165) is 31.0 Å². The van der Waals surface area contributed by atoms with E-state index in [1.807, 2.05) is 24.3 Å². The lowest BCUT2D eigenvalue weighted by molar-refractivity contribution is 0.247. The van der Waals surface area contributed by atoms with Gasteiger partial charge in [-0.05, 0) is 63.6 Å². The van der Waals surface area contributed by atoms with Crippen LogP contribution in [0.15, 0.2) is 48.5 Å². The maximum absolute atomic E-state index is 5.77. The van der Waals surface area contributed by atoms with Crippen molar-refractivity contribution in [1.82, 2.24) is 9.80 Å². The van der Waals surface area contributed by atoms with Gasteiger partial charge in [-0.1, -0.05) is 24.3 Å². The molecule has 0 aromatic heterocycles. The van der Waals surface area contributed by atoms with Gasteiger partial charge < -0.3 is 19.3 Å². The van der Waals surface area contributed by atoms with E-state index in [1.54, 1.807) is 0 Å². The van der Waals surface area contributed by atoms with Gasteiger partial charge in [0.15, 0.2) is 0 Å². The molecule has 0 radical (unpaired) electrons. The van der Waals surface area contributed by atoms with Crippen LogP contribution in [0.4, 0.5) is 0 Å². The molecule has 0 aliphatic rings. The fraction of sp³-hybridized carbons (Fsp3) is 0.429. The van der Waals surface area contributed by atoms with E-state index in [-0.39, 0.29) is 0 Å². The molecule has 0 bridgehead atoms. The van der Waals surface area contributed by atoms with Gasteiger partial charge in [0.1, 0.15) is 11.5 Å². The molecule has 0 saturated heterocycles. The fourth-order valence-electron chi connectivity index (χ4n) is 2.55. The fourth-order valence-corrected chi connectivity index (χ4v) is 2.55. The largest absolute Gasteiger partial charge is 0.493 e. The van der Waals surface area contributed by atoms with Gasteiger partial charge >= 0.3 is 0 Å². The Morgan fingerprint density at radius 1 is 0.600 bits per heavy atom. The van der Waals surface area contributed by atoms with E-state index < -0.39 is 0 Å². The van der Waals surface area contributed by atoms with Crippen LogP contribution in [0.5, 0.6) is 11.5 Å². The highest BCUT2D eigenvalue weighted by Gasteiger charge is 1.99. The second kappa shape index (κ2) is 10.1. The second-order valence-corrected chi connectivity index (χ2v) is 6.81. The summed E-state index contributed by atoms with van der Waals surface area (Å²) in [5.74, 6) is 1.83. The van der Waals surface area contributed by atoms with E-state index in [9.17, 15) is 0 Å². The molecule has 0 aliphatic carbocycles. The van der Waals surface area contributed by atoms with Crippen LogP contribution in [0.2, 0.25) is 0 Å². The zero-order chi connectivity index (χ0) is 18.1. The third-order valence-corrected chi connectivity index (χ3v) is 3.67. The van der Waals surface area contributed by atoms with Crippen molar-refractivity contribution < 1.29 is 9.47 Å². The molecule has 0 fully saturated rings. The SMILES string of the molecule is CN(C)Cc1ccc(OCCCOc2ccc(CN(C)C)cc2)cc1. The standard InChI is InChI=1S/C21H30N2O2/c1-22(2)16-18-6-10-20(11-7-18)24-14-5-15-25-21-12-8-19(9-13-21)17-23(3)4/h6-13H,5,14-17H2,1-4H3. The van der Waals surface area contributed by atoms with Gasteiger partial charge in [0.2, 0.25) is 0 Å². The topological polar surface area (TPSA) is 24.9 Å². The Balaban J connectivity index is 1.64. The molecule has 25 heavy (non-hydrogen) atoms. The van der Waals surface area contributed by atoms with Gasteiger partial charge in [-0.15, -0.1) is 0 Å². The van der Waals surface area contributed by atoms with Crippen LogP contribution >= 0.6 is 0 Å². The normalized spacial score (nSPS) is 11.1. The third-order valence-electron chi connectivity index (χ3n) is 3.67. The van der Waals surface area contributed by atoms with Gasteiger partial charge in [-0.2, -0.15) is 0 Å². The van der Waals surface area contributed by atoms with Gasteiger partial charge in [-0.3, -0.25) is 0 Å². The molecule has 2 rings (SSSR count). The summed E-state index contributed by atoms with van der Waals surface area (Å²) in [5, 5.41) is 0. The molecule has 2 aromatic carbocycles. The highest BCUT2D eigenvalue weighted by molar-refractivity contribution is 5.28. The maximum Gasteiger partial charge on any atom is 0.119 e. The zero-order valence-electron chi connectivity index (χ0n) is 15.9. The first-order valence-corrected chi connectivity index (χ1v) is 8.76. The molecule has 136 valence electrons. The van der Waals surface area contributed by atoms with Gasteiger partial charge in [0.25, 0.3) is 0 Å². The first-order chi connectivity index (χ1) is 12.0. The Kier molecular flexibility index (Phi) is 7.76. The Morgan fingerprint density at radius 2 is 0.960 bits per heavy atom. The monoisotopic (exact) mass is 342 g/mol. The molecule has 0 spiro atoms. The molecule has 2 aromatic rings. The average Bonchev–Trinajstić information content (AvgIpc) is 2.56. The van der Waals surface area contributed by atoms with Crippen LogP contribution in [0.25, 0.3) is 0 Å². The quantitative estimate of drug-likeness (QED) is 0.615. The zero-order valence-corrected chi connectivity index (χ0v) is 15.9. The van der Waals surface area contributed by atoms with Gasteiger partial charge in [0, 0.05) is 19.5 Å². The maximum atomic E-state index is 5.77. The number of benzene rings is 2. The predicted octanol–water partition coefficient (Wildman–Crippen LogP) is 3.66. The van der Waals surface area contributed by atoms with Crippen LogP contribution in [-0.2, 0) is 13.1 Å². The Hall–Kier alpha value is -2.04. The third kappa shape index (κ3) is 7.59. The van der Waals surface area contributed by atoms with Crippen molar-refractivity contribution in [3.8, 4) is 11.5 Å². The molecule has 4 nitrogen and oxygen atoms in total. The highest BCUT2D eigenvalue weighted by atomic mass is 16.5. The molecule has 4 heteroatoms. The summed E-state index contributed by atoms with van der Waals surface area (Å²) in [7, 11) is 8.28. The number of nitrogens with zero attached hydrogens (tertiary/aromatic N) is 2. The minimum Gasteiger partial charge on any atom is -0.493 e. The molecule has 0 aliphatic heterocycles. The van der Waals surface area contributed by atoms with Crippen molar-refractivity contribution in [2.45, 2.75) is 19.5 Å². The second-order valence-electron chi connectivity index (χ2n) is 6.81. The van der Waals surface area contributed by atoms with Gasteiger partial charge in [0.05, 0.1) is 13.2 Å². The molecule has 0 atom stereocenters. The molecular weight excluding hydrogens is 312 g/mol. The van der Waals surface area contributed by atoms with Crippen molar-refractivity contribution in [3.05, 3.63) is 59.7 Å². The number of hydrogen-bond acceptors (Lipinski definition) is 4. The molecule has 0 saturated carbocycles. The van der Waals surface area contributed by atoms with Crippen molar-refractivity contribution in [3.63, 3.8) is 0 Å². The van der Waals surface area contributed by atoms with Crippen molar-refractivity contribution in [1.29, 1.82) is 0 Å². The van der Waals surface area contributed by atoms with E-state index in [2.05, 4.69) is 62.3 Å². The van der Waals surface area contributed by atoms with Crippen LogP contribution in [0.1, 0.15) is 17.5 Å². The highest BCUT2D eigenvalue weighted by Crippen LogP contribution is 2.15. The summed E-state index contributed by atoms with van der Waals surface area (Å²) in [6, 6.07) is 16.6. The molecular formula is C21H30N2O2. The minimum absolute atomic E-state index is 0.658. The molecule has 0 N–H and O–H groups in total. The average molecular weight is 342 g/mol. The van der Waals surface area contributed by atoms with Crippen LogP contribution in [-0.4, -0.2) is 51.2 Å². The summed E-state index contributed by atoms with van der Waals surface area (Å²) < 4.78 is 11.5. The lowest BCUT2D eigenvalue weighted by Gasteiger charge is -2.12. The molecule has 0 amide bonds. The molecule has 0 unspecified atom stereocenters. The van der Waals surface area contributed by atoms with E-state index >= 15 is 0 Å². The number of rotatable bonds is 10. The molecule has 0 heterocycles. The first-order valence-electron chi connectivity index (χ1n) is 8.76. The van der Waals surface area contributed by atoms with Crippen LogP contribution in [0, 0.1) is 0 Å². The van der Waals surface area contributed by atoms with Crippen molar-refractivity contribution in [2.75, 3.05) is 41.4 Å². The van der Waals surface area contributed by atoms with E-state index in [4.69, 9.17) is 9.47 Å². The summed E-state index contributed by atoms with van der Waals surface area (Å²) in [6.45, 7) is 3.21. The summed E-state index contributed by atoms with van der Waals surface area (Å²) in [6.07, 6.45) is 0.860. The van der Waals surface area contributed by atoms with Crippen molar-refractivity contribution in [2.24, 2.45) is 0 Å². The van der Waals surface area contributed by atoms with E-state index in [0.29, 0.717) is 13.2 Å². The minimum atomic E-state index is 0.658. The summed E-state index contributed by atoms with van der Waals surface area (Å²) in [5.41, 5.74) is 2.58. The first kappa shape index (κ1) is 19.3. The Labute approximate surface area is 152 Å². The summed E-state index contributed by atoms with van der Waals surface area (Å²) >= 11 is 0. The van der Waals surface area contributed by atoms with Gasteiger partial charge in [-0.25, -0.2) is 0 Å². The Morgan fingerprint density at radius 3 is 1.28 bits per heavy atom. The lowest BCUT2D eigenvalue weighted by atomic mass is 10.2. The summed E-state index contributed by atoms with van der Waals surface area (Å²) in [4.78, 5) is 4.31. The lowest BCUT2D eigenvalue weighted by Crippen LogP contribution is -2.10. The Bertz CT molecular complexity index is 551. The smallest absolute Gasteiger partial charge is 0.119 e. The number of hydrogen-bond donors (Lipinski definition) is 0.